The van der Waals surface area contributed by atoms with Crippen molar-refractivity contribution in [3.63, 3.8) is 0 Å². The van der Waals surface area contributed by atoms with Gasteiger partial charge in [0.1, 0.15) is 0 Å². The maximum atomic E-state index is 9.52. The maximum absolute atomic E-state index is 9.52. The fourth-order valence-corrected chi connectivity index (χ4v) is 2.31. The van der Waals surface area contributed by atoms with Gasteiger partial charge in [-0.15, -0.1) is 0 Å². The minimum absolute atomic E-state index is 0.276. The summed E-state index contributed by atoms with van der Waals surface area (Å²) in [5.74, 6) is 0. The molecule has 1 nitrogen and oxygen atoms in total. The van der Waals surface area contributed by atoms with Gasteiger partial charge in [-0.05, 0) is 56.6 Å². The van der Waals surface area contributed by atoms with Gasteiger partial charge in [0.05, 0.1) is 6.10 Å². The standard InChI is InChI=1S/C14H24O/c1-10-7-6-8-14(4,5)13(10)9-11(2)12(3)15/h9,12,15H,6-8H2,1-5H3/b11-9+/t12-/m1/s1. The van der Waals surface area contributed by atoms with Crippen molar-refractivity contribution in [1.29, 1.82) is 0 Å². The van der Waals surface area contributed by atoms with Crippen molar-refractivity contribution in [3.05, 3.63) is 22.8 Å². The van der Waals surface area contributed by atoms with Crippen LogP contribution >= 0.6 is 0 Å². The smallest absolute Gasteiger partial charge is 0.0722 e. The van der Waals surface area contributed by atoms with Crippen LogP contribution < -0.4 is 0 Å². The quantitative estimate of drug-likeness (QED) is 0.731. The van der Waals surface area contributed by atoms with Crippen molar-refractivity contribution >= 4 is 0 Å². The zero-order chi connectivity index (χ0) is 11.6. The van der Waals surface area contributed by atoms with Crippen LogP contribution in [0.1, 0.15) is 53.9 Å². The Kier molecular flexibility index (Phi) is 3.77. The second-order valence-electron chi connectivity index (χ2n) is 5.50. The van der Waals surface area contributed by atoms with Gasteiger partial charge in [0.15, 0.2) is 0 Å². The van der Waals surface area contributed by atoms with Gasteiger partial charge in [-0.2, -0.15) is 0 Å². The Hall–Kier alpha value is -0.560. The average molecular weight is 208 g/mol. The molecule has 0 saturated carbocycles. The average Bonchev–Trinajstić information content (AvgIpc) is 2.10. The lowest BCUT2D eigenvalue weighted by atomic mass is 9.72. The summed E-state index contributed by atoms with van der Waals surface area (Å²) in [4.78, 5) is 0. The van der Waals surface area contributed by atoms with E-state index in [4.69, 9.17) is 0 Å². The lowest BCUT2D eigenvalue weighted by Gasteiger charge is -2.33. The third kappa shape index (κ3) is 2.94. The summed E-state index contributed by atoms with van der Waals surface area (Å²) in [5.41, 5.74) is 4.27. The Labute approximate surface area is 93.9 Å². The molecule has 0 aliphatic heterocycles. The highest BCUT2D eigenvalue weighted by atomic mass is 16.3. The Bertz CT molecular complexity index is 292. The molecule has 1 aliphatic carbocycles. The van der Waals surface area contributed by atoms with E-state index in [0.29, 0.717) is 0 Å². The molecule has 1 aliphatic rings. The van der Waals surface area contributed by atoms with E-state index in [1.165, 1.54) is 30.4 Å². The molecular formula is C14H24O. The summed E-state index contributed by atoms with van der Waals surface area (Å²) in [6.07, 6.45) is 5.62. The fraction of sp³-hybridized carbons (Fsp3) is 0.714. The van der Waals surface area contributed by atoms with Gasteiger partial charge in [0.2, 0.25) is 0 Å². The molecule has 1 rings (SSSR count). The van der Waals surface area contributed by atoms with Crippen LogP contribution in [0.5, 0.6) is 0 Å². The van der Waals surface area contributed by atoms with Crippen LogP contribution in [0, 0.1) is 5.41 Å². The third-order valence-electron chi connectivity index (χ3n) is 3.57. The van der Waals surface area contributed by atoms with Crippen LogP contribution in [-0.4, -0.2) is 11.2 Å². The maximum Gasteiger partial charge on any atom is 0.0722 e. The van der Waals surface area contributed by atoms with Gasteiger partial charge in [-0.1, -0.05) is 25.5 Å². The second-order valence-corrected chi connectivity index (χ2v) is 5.50. The lowest BCUT2D eigenvalue weighted by molar-refractivity contribution is 0.231. The molecule has 0 fully saturated rings. The molecule has 0 saturated heterocycles. The van der Waals surface area contributed by atoms with E-state index in [2.05, 4.69) is 26.8 Å². The summed E-state index contributed by atoms with van der Waals surface area (Å²) in [6, 6.07) is 0. The van der Waals surface area contributed by atoms with Crippen LogP contribution in [0.25, 0.3) is 0 Å². The molecule has 0 amide bonds. The monoisotopic (exact) mass is 208 g/mol. The van der Waals surface area contributed by atoms with Gasteiger partial charge in [0, 0.05) is 0 Å². The molecule has 86 valence electrons. The number of hydrogen-bond acceptors (Lipinski definition) is 1. The fourth-order valence-electron chi connectivity index (χ4n) is 2.31. The van der Waals surface area contributed by atoms with Crippen molar-refractivity contribution in [2.45, 2.75) is 60.0 Å². The molecule has 0 heterocycles. The highest BCUT2D eigenvalue weighted by Crippen LogP contribution is 2.41. The van der Waals surface area contributed by atoms with Gasteiger partial charge in [-0.25, -0.2) is 0 Å². The molecule has 0 spiro atoms. The predicted molar refractivity (Wildman–Crippen MR) is 65.8 cm³/mol. The zero-order valence-electron chi connectivity index (χ0n) is 10.7. The Morgan fingerprint density at radius 1 is 1.47 bits per heavy atom. The zero-order valence-corrected chi connectivity index (χ0v) is 10.7. The van der Waals surface area contributed by atoms with E-state index in [9.17, 15) is 5.11 Å². The van der Waals surface area contributed by atoms with Crippen molar-refractivity contribution in [1.82, 2.24) is 0 Å². The molecule has 0 aromatic carbocycles. The Balaban J connectivity index is 3.05. The van der Waals surface area contributed by atoms with Gasteiger partial charge in [-0.3, -0.25) is 0 Å². The van der Waals surface area contributed by atoms with Crippen LogP contribution in [0.3, 0.4) is 0 Å². The molecule has 0 aromatic heterocycles. The molecule has 0 aromatic rings. The van der Waals surface area contributed by atoms with Gasteiger partial charge in [0.25, 0.3) is 0 Å². The first-order valence-corrected chi connectivity index (χ1v) is 5.91. The Morgan fingerprint density at radius 3 is 2.53 bits per heavy atom. The summed E-state index contributed by atoms with van der Waals surface area (Å²) >= 11 is 0. The van der Waals surface area contributed by atoms with Crippen LogP contribution in [0.2, 0.25) is 0 Å². The van der Waals surface area contributed by atoms with E-state index in [1.54, 1.807) is 0 Å². The molecule has 15 heavy (non-hydrogen) atoms. The SMILES string of the molecule is CC1=C(/C=C(\C)[C@@H](C)O)C(C)(C)CCC1. The molecule has 1 heteroatoms. The predicted octanol–water partition coefficient (Wildman–Crippen LogP) is 3.84. The second kappa shape index (κ2) is 4.52. The van der Waals surface area contributed by atoms with E-state index >= 15 is 0 Å². The Morgan fingerprint density at radius 2 is 2.07 bits per heavy atom. The molecule has 0 radical (unpaired) electrons. The van der Waals surface area contributed by atoms with Crippen molar-refractivity contribution in [3.8, 4) is 0 Å². The highest BCUT2D eigenvalue weighted by Gasteiger charge is 2.27. The molecular weight excluding hydrogens is 184 g/mol. The number of aliphatic hydroxyl groups is 1. The minimum atomic E-state index is -0.331. The third-order valence-corrected chi connectivity index (χ3v) is 3.57. The highest BCUT2D eigenvalue weighted by molar-refractivity contribution is 5.35. The molecule has 0 bridgehead atoms. The first-order valence-electron chi connectivity index (χ1n) is 5.91. The van der Waals surface area contributed by atoms with Gasteiger partial charge < -0.3 is 5.11 Å². The van der Waals surface area contributed by atoms with Crippen LogP contribution in [0.4, 0.5) is 0 Å². The normalized spacial score (nSPS) is 24.3. The minimum Gasteiger partial charge on any atom is -0.389 e. The van der Waals surface area contributed by atoms with E-state index in [0.717, 1.165) is 5.57 Å². The summed E-state index contributed by atoms with van der Waals surface area (Å²) < 4.78 is 0. The van der Waals surface area contributed by atoms with Crippen molar-refractivity contribution < 1.29 is 5.11 Å². The van der Waals surface area contributed by atoms with Crippen LogP contribution in [0.15, 0.2) is 22.8 Å². The summed E-state index contributed by atoms with van der Waals surface area (Å²) in [5, 5.41) is 9.52. The lowest BCUT2D eigenvalue weighted by Crippen LogP contribution is -2.20. The molecule has 1 N–H and O–H groups in total. The first-order chi connectivity index (χ1) is 6.84. The number of rotatable bonds is 2. The topological polar surface area (TPSA) is 20.2 Å². The molecule has 0 unspecified atom stereocenters. The number of hydrogen-bond donors (Lipinski definition) is 1. The first kappa shape index (κ1) is 12.5. The summed E-state index contributed by atoms with van der Waals surface area (Å²) in [7, 11) is 0. The van der Waals surface area contributed by atoms with E-state index < -0.39 is 0 Å². The number of aliphatic hydroxyl groups excluding tert-OH is 1. The van der Waals surface area contributed by atoms with Crippen molar-refractivity contribution in [2.24, 2.45) is 5.41 Å². The van der Waals surface area contributed by atoms with E-state index in [1.807, 2.05) is 13.8 Å². The number of allylic oxidation sites excluding steroid dienone is 3. The van der Waals surface area contributed by atoms with Gasteiger partial charge >= 0.3 is 0 Å². The van der Waals surface area contributed by atoms with Crippen LogP contribution in [-0.2, 0) is 0 Å². The largest absolute Gasteiger partial charge is 0.389 e. The molecule has 1 atom stereocenters. The van der Waals surface area contributed by atoms with Crippen molar-refractivity contribution in [2.75, 3.05) is 0 Å². The summed E-state index contributed by atoms with van der Waals surface area (Å²) in [6.45, 7) is 10.7. The van der Waals surface area contributed by atoms with E-state index in [-0.39, 0.29) is 11.5 Å².